The van der Waals surface area contributed by atoms with E-state index in [1.165, 1.54) is 0 Å². The van der Waals surface area contributed by atoms with E-state index in [9.17, 15) is 4.79 Å². The first-order chi connectivity index (χ1) is 16.0. The minimum absolute atomic E-state index is 0.135. The van der Waals surface area contributed by atoms with Crippen molar-refractivity contribution in [1.29, 1.82) is 5.26 Å². The van der Waals surface area contributed by atoms with Crippen molar-refractivity contribution >= 4 is 23.4 Å². The Morgan fingerprint density at radius 2 is 1.91 bits per heavy atom. The molecule has 1 aromatic carbocycles. The van der Waals surface area contributed by atoms with Gasteiger partial charge in [-0.2, -0.15) is 5.26 Å². The van der Waals surface area contributed by atoms with Crippen LogP contribution in [0.2, 0.25) is 0 Å². The number of benzene rings is 1. The van der Waals surface area contributed by atoms with E-state index in [1.54, 1.807) is 36.5 Å². The molecule has 2 amide bonds. The number of urea groups is 1. The van der Waals surface area contributed by atoms with Crippen LogP contribution in [0.15, 0.2) is 41.5 Å². The number of likely N-dealkylation sites (tertiary alicyclic amines) is 1. The van der Waals surface area contributed by atoms with Crippen molar-refractivity contribution in [1.82, 2.24) is 19.7 Å². The molecule has 1 aromatic heterocycles. The summed E-state index contributed by atoms with van der Waals surface area (Å²) in [7, 11) is 0. The third kappa shape index (κ3) is 5.56. The van der Waals surface area contributed by atoms with Crippen molar-refractivity contribution in [3.8, 4) is 6.19 Å². The Hall–Kier alpha value is -3.71. The van der Waals surface area contributed by atoms with Crippen molar-refractivity contribution in [3.63, 3.8) is 0 Å². The molecule has 2 fully saturated rings. The minimum atomic E-state index is -0.513. The topological polar surface area (TPSA) is 99.9 Å². The zero-order valence-electron chi connectivity index (χ0n) is 18.6. The maximum Gasteiger partial charge on any atom is 0.323 e. The molecule has 0 unspecified atom stereocenters. The second-order valence-electron chi connectivity index (χ2n) is 8.16. The Morgan fingerprint density at radius 1 is 1.15 bits per heavy atom. The summed E-state index contributed by atoms with van der Waals surface area (Å²) in [5.74, 6) is 0.310. The molecular formula is C23H27FN8O. The lowest BCUT2D eigenvalue weighted by atomic mass is 10.1. The first kappa shape index (κ1) is 22.5. The number of hydrogen-bond acceptors (Lipinski definition) is 5. The number of nitriles is 1. The molecule has 10 heteroatoms. The Balaban J connectivity index is 1.34. The van der Waals surface area contributed by atoms with Crippen molar-refractivity contribution < 1.29 is 9.18 Å². The number of anilines is 2. The van der Waals surface area contributed by atoms with Crippen LogP contribution in [-0.2, 0) is 6.54 Å². The van der Waals surface area contributed by atoms with Crippen LogP contribution in [0.1, 0.15) is 17.7 Å². The lowest BCUT2D eigenvalue weighted by Crippen LogP contribution is -2.56. The largest absolute Gasteiger partial charge is 0.342 e. The summed E-state index contributed by atoms with van der Waals surface area (Å²) in [6.07, 6.45) is 4.63. The number of pyridine rings is 1. The van der Waals surface area contributed by atoms with Crippen LogP contribution in [0.3, 0.4) is 0 Å². The Bertz CT molecular complexity index is 1070. The van der Waals surface area contributed by atoms with Gasteiger partial charge in [-0.1, -0.05) is 12.1 Å². The van der Waals surface area contributed by atoms with Crippen LogP contribution in [0.5, 0.6) is 0 Å². The SMILES string of the molecule is Cc1cc(NC(=O)Nc2cccc(CN3CCN(/C(=N/C#N)N4CCC4)CC3)c2F)ccn1. The molecule has 2 aliphatic rings. The third-order valence-electron chi connectivity index (χ3n) is 5.82. The Labute approximate surface area is 192 Å². The van der Waals surface area contributed by atoms with Gasteiger partial charge in [-0.25, -0.2) is 9.18 Å². The van der Waals surface area contributed by atoms with E-state index in [2.05, 4.69) is 35.3 Å². The molecule has 0 atom stereocenters. The average molecular weight is 451 g/mol. The van der Waals surface area contributed by atoms with E-state index < -0.39 is 11.8 Å². The summed E-state index contributed by atoms with van der Waals surface area (Å²) < 4.78 is 15.1. The van der Waals surface area contributed by atoms with E-state index in [4.69, 9.17) is 5.26 Å². The number of amides is 2. The zero-order valence-corrected chi connectivity index (χ0v) is 18.6. The second kappa shape index (κ2) is 10.3. The molecule has 2 aromatic rings. The summed E-state index contributed by atoms with van der Waals surface area (Å²) in [4.78, 5) is 26.8. The zero-order chi connectivity index (χ0) is 23.2. The highest BCUT2D eigenvalue weighted by Gasteiger charge is 2.27. The fourth-order valence-electron chi connectivity index (χ4n) is 3.96. The number of carbonyl (C=O) groups excluding carboxylic acids is 1. The lowest BCUT2D eigenvalue weighted by Gasteiger charge is -2.42. The predicted molar refractivity (Wildman–Crippen MR) is 124 cm³/mol. The standard InChI is InChI=1S/C23H27FN8O/c1-17-14-19(6-7-26-17)28-22(33)29-20-5-2-4-18(21(20)24)15-30-10-12-32(13-11-30)23(27-16-25)31-8-3-9-31/h2,4-7,14H,3,8-13,15H2,1H3,(H2,26,28,29,33)/b27-23+. The summed E-state index contributed by atoms with van der Waals surface area (Å²) in [5.41, 5.74) is 2.02. The maximum absolute atomic E-state index is 15.1. The molecular weight excluding hydrogens is 423 g/mol. The van der Waals surface area contributed by atoms with Gasteiger partial charge < -0.3 is 20.4 Å². The third-order valence-corrected chi connectivity index (χ3v) is 5.82. The van der Waals surface area contributed by atoms with Gasteiger partial charge in [-0.15, -0.1) is 4.99 Å². The van der Waals surface area contributed by atoms with Crippen LogP contribution in [0.25, 0.3) is 0 Å². The van der Waals surface area contributed by atoms with Crippen molar-refractivity contribution in [2.75, 3.05) is 49.9 Å². The normalized spacial score (nSPS) is 16.7. The molecule has 3 heterocycles. The molecule has 0 radical (unpaired) electrons. The van der Waals surface area contributed by atoms with E-state index in [0.29, 0.717) is 17.8 Å². The lowest BCUT2D eigenvalue weighted by molar-refractivity contribution is 0.152. The number of nitrogens with one attached hydrogen (secondary N) is 2. The molecule has 2 saturated heterocycles. The van der Waals surface area contributed by atoms with Gasteiger partial charge >= 0.3 is 6.03 Å². The predicted octanol–water partition coefficient (Wildman–Crippen LogP) is 2.83. The van der Waals surface area contributed by atoms with Crippen molar-refractivity contribution in [2.45, 2.75) is 19.9 Å². The van der Waals surface area contributed by atoms with Gasteiger partial charge in [0, 0.05) is 69.0 Å². The van der Waals surface area contributed by atoms with Gasteiger partial charge in [0.15, 0.2) is 5.82 Å². The van der Waals surface area contributed by atoms with Crippen LogP contribution in [0, 0.1) is 24.2 Å². The highest BCUT2D eigenvalue weighted by Crippen LogP contribution is 2.21. The summed E-state index contributed by atoms with van der Waals surface area (Å²) in [6.45, 7) is 7.05. The van der Waals surface area contributed by atoms with Gasteiger partial charge in [0.25, 0.3) is 0 Å². The first-order valence-electron chi connectivity index (χ1n) is 11.0. The molecule has 0 bridgehead atoms. The molecule has 4 rings (SSSR count). The van der Waals surface area contributed by atoms with Gasteiger partial charge in [-0.3, -0.25) is 9.88 Å². The second-order valence-corrected chi connectivity index (χ2v) is 8.16. The van der Waals surface area contributed by atoms with E-state index >= 15 is 4.39 Å². The average Bonchev–Trinajstić information content (AvgIpc) is 2.75. The number of aromatic nitrogens is 1. The highest BCUT2D eigenvalue weighted by molar-refractivity contribution is 5.99. The number of guanidine groups is 1. The maximum atomic E-state index is 15.1. The van der Waals surface area contributed by atoms with Crippen LogP contribution >= 0.6 is 0 Å². The van der Waals surface area contributed by atoms with Crippen molar-refractivity contribution in [3.05, 3.63) is 53.6 Å². The summed E-state index contributed by atoms with van der Waals surface area (Å²) in [5, 5.41) is 14.3. The van der Waals surface area contributed by atoms with E-state index in [-0.39, 0.29) is 5.69 Å². The molecule has 0 aliphatic carbocycles. The number of aryl methyl sites for hydroxylation is 1. The monoisotopic (exact) mass is 450 g/mol. The molecule has 2 N–H and O–H groups in total. The molecule has 9 nitrogen and oxygen atoms in total. The van der Waals surface area contributed by atoms with Crippen LogP contribution in [-0.4, -0.2) is 70.9 Å². The smallest absolute Gasteiger partial charge is 0.323 e. The van der Waals surface area contributed by atoms with Gasteiger partial charge in [0.2, 0.25) is 12.2 Å². The minimum Gasteiger partial charge on any atom is -0.342 e. The number of nitrogens with zero attached hydrogens (tertiary/aromatic N) is 6. The van der Waals surface area contributed by atoms with Crippen molar-refractivity contribution in [2.24, 2.45) is 4.99 Å². The highest BCUT2D eigenvalue weighted by atomic mass is 19.1. The quantitative estimate of drug-likeness (QED) is 0.422. The van der Waals surface area contributed by atoms with Gasteiger partial charge in [-0.05, 0) is 31.5 Å². The fourth-order valence-corrected chi connectivity index (χ4v) is 3.96. The van der Waals surface area contributed by atoms with Gasteiger partial charge in [0.1, 0.15) is 0 Å². The molecule has 0 spiro atoms. The number of halogens is 1. The molecule has 33 heavy (non-hydrogen) atoms. The molecule has 0 saturated carbocycles. The van der Waals surface area contributed by atoms with Gasteiger partial charge in [0.05, 0.1) is 5.69 Å². The number of aliphatic imine (C=N–C) groups is 1. The van der Waals surface area contributed by atoms with E-state index in [0.717, 1.165) is 57.3 Å². The summed E-state index contributed by atoms with van der Waals surface area (Å²) >= 11 is 0. The molecule has 172 valence electrons. The number of rotatable bonds is 4. The van der Waals surface area contributed by atoms with Crippen LogP contribution in [0.4, 0.5) is 20.6 Å². The Morgan fingerprint density at radius 3 is 2.58 bits per heavy atom. The van der Waals surface area contributed by atoms with Crippen LogP contribution < -0.4 is 10.6 Å². The first-order valence-corrected chi connectivity index (χ1v) is 11.0. The molecule has 2 aliphatic heterocycles. The Kier molecular flexibility index (Phi) is 7.00. The number of piperazine rings is 1. The number of hydrogen-bond donors (Lipinski definition) is 2. The number of carbonyl (C=O) groups is 1. The van der Waals surface area contributed by atoms with E-state index in [1.807, 2.05) is 13.1 Å². The summed E-state index contributed by atoms with van der Waals surface area (Å²) in [6, 6.07) is 7.92. The fraction of sp³-hybridized carbons (Fsp3) is 0.391.